The van der Waals surface area contributed by atoms with E-state index in [0.717, 1.165) is 16.1 Å². The number of hydrogen-bond donors (Lipinski definition) is 1. The maximum atomic E-state index is 5.70. The highest BCUT2D eigenvalue weighted by Gasteiger charge is 2.05. The summed E-state index contributed by atoms with van der Waals surface area (Å²) in [5.74, 6) is 0. The molecule has 0 aliphatic rings. The van der Waals surface area contributed by atoms with Gasteiger partial charge < -0.3 is 4.98 Å². The summed E-state index contributed by atoms with van der Waals surface area (Å²) in [5.41, 5.74) is 0.791. The summed E-state index contributed by atoms with van der Waals surface area (Å²) < 4.78 is 0. The van der Waals surface area contributed by atoms with Gasteiger partial charge in [-0.05, 0) is 23.9 Å². The Balaban J connectivity index is 2.80. The first-order valence-corrected chi connectivity index (χ1v) is 4.96. The Bertz CT molecular complexity index is 412. The zero-order valence-electron chi connectivity index (χ0n) is 6.34. The van der Waals surface area contributed by atoms with E-state index in [4.69, 9.17) is 11.6 Å². The van der Waals surface area contributed by atoms with E-state index < -0.39 is 0 Å². The van der Waals surface area contributed by atoms with Crippen LogP contribution in [0, 0.1) is 0 Å². The molecule has 0 unspecified atom stereocenters. The van der Waals surface area contributed by atoms with Gasteiger partial charge in [0.15, 0.2) is 0 Å². The van der Waals surface area contributed by atoms with E-state index in [0.29, 0.717) is 0 Å². The van der Waals surface area contributed by atoms with Crippen LogP contribution in [0.1, 0.15) is 0 Å². The van der Waals surface area contributed by atoms with E-state index in [-0.39, 0.29) is 5.28 Å². The third kappa shape index (κ3) is 1.17. The SMILES string of the molecule is CSc1nc(Cl)nc2[nH]ccc12. The molecular weight excluding hydrogens is 194 g/mol. The van der Waals surface area contributed by atoms with Gasteiger partial charge in [0.25, 0.3) is 0 Å². The lowest BCUT2D eigenvalue weighted by atomic mass is 10.4. The minimum atomic E-state index is 0.286. The molecule has 0 aliphatic heterocycles. The van der Waals surface area contributed by atoms with Crippen LogP contribution in [-0.4, -0.2) is 21.2 Å². The Kier molecular flexibility index (Phi) is 1.94. The van der Waals surface area contributed by atoms with Crippen molar-refractivity contribution in [2.75, 3.05) is 6.26 Å². The van der Waals surface area contributed by atoms with Crippen LogP contribution >= 0.6 is 23.4 Å². The van der Waals surface area contributed by atoms with Crippen LogP contribution in [0.5, 0.6) is 0 Å². The molecule has 12 heavy (non-hydrogen) atoms. The zero-order chi connectivity index (χ0) is 8.55. The summed E-state index contributed by atoms with van der Waals surface area (Å²) in [4.78, 5) is 11.1. The van der Waals surface area contributed by atoms with Gasteiger partial charge in [0, 0.05) is 6.20 Å². The van der Waals surface area contributed by atoms with E-state index in [1.165, 1.54) is 0 Å². The topological polar surface area (TPSA) is 41.6 Å². The van der Waals surface area contributed by atoms with E-state index in [1.807, 2.05) is 18.5 Å². The van der Waals surface area contributed by atoms with Gasteiger partial charge in [-0.3, -0.25) is 0 Å². The molecule has 2 rings (SSSR count). The van der Waals surface area contributed by atoms with Gasteiger partial charge in [-0.15, -0.1) is 11.8 Å². The van der Waals surface area contributed by atoms with Gasteiger partial charge in [-0.25, -0.2) is 4.98 Å². The van der Waals surface area contributed by atoms with Crippen molar-refractivity contribution >= 4 is 34.4 Å². The second-order valence-electron chi connectivity index (χ2n) is 2.24. The number of H-pyrrole nitrogens is 1. The smallest absolute Gasteiger partial charge is 0.225 e. The fraction of sp³-hybridized carbons (Fsp3) is 0.143. The summed E-state index contributed by atoms with van der Waals surface area (Å²) in [5, 5.41) is 2.22. The Morgan fingerprint density at radius 2 is 2.33 bits per heavy atom. The summed E-state index contributed by atoms with van der Waals surface area (Å²) in [6.45, 7) is 0. The van der Waals surface area contributed by atoms with Crippen LogP contribution in [0.25, 0.3) is 11.0 Å². The lowest BCUT2D eigenvalue weighted by Gasteiger charge is -1.97. The molecule has 0 saturated heterocycles. The first-order valence-electron chi connectivity index (χ1n) is 3.36. The van der Waals surface area contributed by atoms with E-state index in [9.17, 15) is 0 Å². The van der Waals surface area contributed by atoms with Crippen LogP contribution in [-0.2, 0) is 0 Å². The maximum absolute atomic E-state index is 5.70. The molecule has 0 saturated carbocycles. The predicted octanol–water partition coefficient (Wildman–Crippen LogP) is 2.33. The normalized spacial score (nSPS) is 10.8. The van der Waals surface area contributed by atoms with Crippen LogP contribution < -0.4 is 0 Å². The molecule has 2 aromatic rings. The molecule has 2 heterocycles. The highest BCUT2D eigenvalue weighted by atomic mass is 35.5. The number of thioether (sulfide) groups is 1. The number of nitrogens with zero attached hydrogens (tertiary/aromatic N) is 2. The maximum Gasteiger partial charge on any atom is 0.225 e. The lowest BCUT2D eigenvalue weighted by Crippen LogP contribution is -1.86. The van der Waals surface area contributed by atoms with Crippen LogP contribution in [0.15, 0.2) is 17.3 Å². The number of nitrogens with one attached hydrogen (secondary N) is 1. The molecule has 0 fully saturated rings. The first kappa shape index (κ1) is 7.89. The molecular formula is C7H6ClN3S. The highest BCUT2D eigenvalue weighted by molar-refractivity contribution is 7.98. The molecule has 62 valence electrons. The molecule has 0 aromatic carbocycles. The molecule has 0 aliphatic carbocycles. The largest absolute Gasteiger partial charge is 0.346 e. The van der Waals surface area contributed by atoms with Gasteiger partial charge in [0.1, 0.15) is 10.7 Å². The number of rotatable bonds is 1. The molecule has 0 radical (unpaired) electrons. The quantitative estimate of drug-likeness (QED) is 0.436. The third-order valence-corrected chi connectivity index (χ3v) is 2.41. The van der Waals surface area contributed by atoms with Crippen LogP contribution in [0.4, 0.5) is 0 Å². The average molecular weight is 200 g/mol. The fourth-order valence-electron chi connectivity index (χ4n) is 1.04. The number of halogens is 1. The number of fused-ring (bicyclic) bond motifs is 1. The third-order valence-electron chi connectivity index (χ3n) is 1.55. The first-order chi connectivity index (χ1) is 5.81. The molecule has 0 amide bonds. The van der Waals surface area contributed by atoms with E-state index in [1.54, 1.807) is 11.8 Å². The Morgan fingerprint density at radius 3 is 3.08 bits per heavy atom. The molecule has 1 N–H and O–H groups in total. The van der Waals surface area contributed by atoms with Crippen molar-refractivity contribution in [3.63, 3.8) is 0 Å². The number of aromatic amines is 1. The summed E-state index contributed by atoms with van der Waals surface area (Å²) >= 11 is 7.27. The standard InChI is InChI=1S/C7H6ClN3S/c1-12-6-4-2-3-9-5(4)10-7(8)11-6/h2-3H,1H3,(H,9,10,11). The summed E-state index contributed by atoms with van der Waals surface area (Å²) in [6, 6.07) is 1.94. The molecule has 3 nitrogen and oxygen atoms in total. The van der Waals surface area contributed by atoms with Crippen molar-refractivity contribution in [3.05, 3.63) is 17.5 Å². The summed E-state index contributed by atoms with van der Waals surface area (Å²) in [6.07, 6.45) is 3.79. The Morgan fingerprint density at radius 1 is 1.50 bits per heavy atom. The van der Waals surface area contributed by atoms with Crippen molar-refractivity contribution in [1.82, 2.24) is 15.0 Å². The van der Waals surface area contributed by atoms with Crippen molar-refractivity contribution in [1.29, 1.82) is 0 Å². The van der Waals surface area contributed by atoms with Crippen molar-refractivity contribution in [2.45, 2.75) is 5.03 Å². The van der Waals surface area contributed by atoms with Gasteiger partial charge in [0.05, 0.1) is 5.39 Å². The average Bonchev–Trinajstić information content (AvgIpc) is 2.50. The molecule has 0 spiro atoms. The van der Waals surface area contributed by atoms with Crippen molar-refractivity contribution in [2.24, 2.45) is 0 Å². The van der Waals surface area contributed by atoms with Gasteiger partial charge in [-0.2, -0.15) is 4.98 Å². The van der Waals surface area contributed by atoms with Crippen LogP contribution in [0.3, 0.4) is 0 Å². The minimum absolute atomic E-state index is 0.286. The van der Waals surface area contributed by atoms with E-state index >= 15 is 0 Å². The predicted molar refractivity (Wildman–Crippen MR) is 50.7 cm³/mol. The summed E-state index contributed by atoms with van der Waals surface area (Å²) in [7, 11) is 0. The molecule has 2 aromatic heterocycles. The molecule has 5 heteroatoms. The highest BCUT2D eigenvalue weighted by Crippen LogP contribution is 2.23. The van der Waals surface area contributed by atoms with Crippen molar-refractivity contribution in [3.8, 4) is 0 Å². The fourth-order valence-corrected chi connectivity index (χ4v) is 1.82. The van der Waals surface area contributed by atoms with Gasteiger partial charge >= 0.3 is 0 Å². The second-order valence-corrected chi connectivity index (χ2v) is 3.37. The Hall–Kier alpha value is -0.740. The Labute approximate surface area is 78.6 Å². The number of aromatic nitrogens is 3. The monoisotopic (exact) mass is 199 g/mol. The molecule has 0 atom stereocenters. The van der Waals surface area contributed by atoms with Gasteiger partial charge in [-0.1, -0.05) is 0 Å². The van der Waals surface area contributed by atoms with E-state index in [2.05, 4.69) is 15.0 Å². The minimum Gasteiger partial charge on any atom is -0.346 e. The van der Waals surface area contributed by atoms with Crippen LogP contribution in [0.2, 0.25) is 5.28 Å². The number of hydrogen-bond acceptors (Lipinski definition) is 3. The van der Waals surface area contributed by atoms with Gasteiger partial charge in [0.2, 0.25) is 5.28 Å². The molecule has 0 bridgehead atoms. The van der Waals surface area contributed by atoms with Crippen molar-refractivity contribution < 1.29 is 0 Å². The lowest BCUT2D eigenvalue weighted by molar-refractivity contribution is 1.10. The zero-order valence-corrected chi connectivity index (χ0v) is 7.91. The second kappa shape index (κ2) is 2.95.